The largest absolute Gasteiger partial charge is 0.371 e. The second-order valence-electron chi connectivity index (χ2n) is 4.87. The average molecular weight is 152 g/mol. The molecule has 4 unspecified atom stereocenters. The summed E-state index contributed by atoms with van der Waals surface area (Å²) in [6.45, 7) is 2.31. The molecule has 1 heteroatoms. The minimum Gasteiger partial charge on any atom is -0.371 e. The number of hydrogen-bond donors (Lipinski definition) is 0. The molecule has 3 rings (SSSR count). The third-order valence-electron chi connectivity index (χ3n) is 4.00. The zero-order valence-electron chi connectivity index (χ0n) is 7.18. The van der Waals surface area contributed by atoms with Gasteiger partial charge in [-0.25, -0.2) is 0 Å². The van der Waals surface area contributed by atoms with Gasteiger partial charge in [-0.3, -0.25) is 0 Å². The van der Waals surface area contributed by atoms with Gasteiger partial charge in [-0.1, -0.05) is 0 Å². The van der Waals surface area contributed by atoms with Gasteiger partial charge in [0.15, 0.2) is 0 Å². The summed E-state index contributed by atoms with van der Waals surface area (Å²) in [7, 11) is 0. The molecular formula is C10H16O. The lowest BCUT2D eigenvalue weighted by atomic mass is 9.88. The molecular weight excluding hydrogens is 136 g/mol. The normalized spacial score (nSPS) is 60.3. The van der Waals surface area contributed by atoms with Crippen LogP contribution in [0.5, 0.6) is 0 Å². The first kappa shape index (κ1) is 6.47. The fourth-order valence-electron chi connectivity index (χ4n) is 3.44. The van der Waals surface area contributed by atoms with Crippen molar-refractivity contribution in [2.45, 2.75) is 50.7 Å². The SMILES string of the molecule is CC12CCC3CCC(C1)C3O2. The lowest BCUT2D eigenvalue weighted by Crippen LogP contribution is -2.33. The Hall–Kier alpha value is -0.0400. The zero-order chi connectivity index (χ0) is 7.47. The van der Waals surface area contributed by atoms with Crippen LogP contribution >= 0.6 is 0 Å². The first-order chi connectivity index (χ1) is 5.27. The quantitative estimate of drug-likeness (QED) is 0.517. The van der Waals surface area contributed by atoms with E-state index in [1.165, 1.54) is 32.1 Å². The van der Waals surface area contributed by atoms with E-state index in [2.05, 4.69) is 6.92 Å². The summed E-state index contributed by atoms with van der Waals surface area (Å²) >= 11 is 0. The van der Waals surface area contributed by atoms with Gasteiger partial charge < -0.3 is 4.74 Å². The Kier molecular flexibility index (Phi) is 1.07. The predicted octanol–water partition coefficient (Wildman–Crippen LogP) is 2.35. The Morgan fingerprint density at radius 2 is 2.00 bits per heavy atom. The first-order valence-corrected chi connectivity index (χ1v) is 4.95. The van der Waals surface area contributed by atoms with Crippen molar-refractivity contribution in [3.8, 4) is 0 Å². The summed E-state index contributed by atoms with van der Waals surface area (Å²) in [5, 5.41) is 0. The molecule has 0 radical (unpaired) electrons. The molecule has 2 heterocycles. The second kappa shape index (κ2) is 1.82. The van der Waals surface area contributed by atoms with Crippen LogP contribution in [0.15, 0.2) is 0 Å². The van der Waals surface area contributed by atoms with Gasteiger partial charge in [-0.2, -0.15) is 0 Å². The standard InChI is InChI=1S/C10H16O/c1-10-5-4-7-2-3-8(6-10)9(7)11-10/h7-9H,2-6H2,1H3. The maximum atomic E-state index is 6.07. The van der Waals surface area contributed by atoms with Crippen LogP contribution in [0.2, 0.25) is 0 Å². The lowest BCUT2D eigenvalue weighted by Gasteiger charge is -2.33. The molecule has 4 atom stereocenters. The highest BCUT2D eigenvalue weighted by atomic mass is 16.5. The van der Waals surface area contributed by atoms with Crippen molar-refractivity contribution in [3.05, 3.63) is 0 Å². The van der Waals surface area contributed by atoms with Gasteiger partial charge in [0.2, 0.25) is 0 Å². The van der Waals surface area contributed by atoms with Crippen LogP contribution in [0.4, 0.5) is 0 Å². The molecule has 1 aliphatic carbocycles. The fraction of sp³-hybridized carbons (Fsp3) is 1.00. The summed E-state index contributed by atoms with van der Waals surface area (Å²) in [6.07, 6.45) is 7.70. The highest BCUT2D eigenvalue weighted by molar-refractivity contribution is 5.02. The van der Waals surface area contributed by atoms with Gasteiger partial charge in [-0.05, 0) is 50.9 Å². The number of rotatable bonds is 0. The van der Waals surface area contributed by atoms with Gasteiger partial charge in [-0.15, -0.1) is 0 Å². The molecule has 0 aromatic carbocycles. The summed E-state index contributed by atoms with van der Waals surface area (Å²) in [4.78, 5) is 0. The second-order valence-corrected chi connectivity index (χ2v) is 4.87. The Bertz CT molecular complexity index is 185. The van der Waals surface area contributed by atoms with Gasteiger partial charge in [0.1, 0.15) is 0 Å². The molecule has 2 bridgehead atoms. The van der Waals surface area contributed by atoms with Crippen molar-refractivity contribution in [3.63, 3.8) is 0 Å². The number of hydrogen-bond acceptors (Lipinski definition) is 1. The van der Waals surface area contributed by atoms with Crippen LogP contribution in [0.3, 0.4) is 0 Å². The predicted molar refractivity (Wildman–Crippen MR) is 43.3 cm³/mol. The number of ether oxygens (including phenoxy) is 1. The minimum absolute atomic E-state index is 0.298. The Morgan fingerprint density at radius 3 is 2.91 bits per heavy atom. The van der Waals surface area contributed by atoms with Gasteiger partial charge in [0.25, 0.3) is 0 Å². The third-order valence-corrected chi connectivity index (χ3v) is 4.00. The van der Waals surface area contributed by atoms with Crippen molar-refractivity contribution < 1.29 is 4.74 Å². The lowest BCUT2D eigenvalue weighted by molar-refractivity contribution is -0.0892. The maximum absolute atomic E-state index is 6.07. The van der Waals surface area contributed by atoms with Crippen LogP contribution in [-0.2, 0) is 4.74 Å². The molecule has 2 saturated heterocycles. The van der Waals surface area contributed by atoms with Crippen LogP contribution in [-0.4, -0.2) is 11.7 Å². The molecule has 3 fully saturated rings. The van der Waals surface area contributed by atoms with Gasteiger partial charge in [0, 0.05) is 0 Å². The summed E-state index contributed by atoms with van der Waals surface area (Å²) < 4.78 is 6.07. The fourth-order valence-corrected chi connectivity index (χ4v) is 3.44. The van der Waals surface area contributed by atoms with Crippen molar-refractivity contribution in [2.24, 2.45) is 11.8 Å². The molecule has 0 aromatic rings. The van der Waals surface area contributed by atoms with E-state index in [0.29, 0.717) is 11.7 Å². The van der Waals surface area contributed by atoms with Crippen LogP contribution in [0.1, 0.15) is 39.0 Å². The molecule has 0 N–H and O–H groups in total. The number of fused-ring (bicyclic) bond motifs is 1. The van der Waals surface area contributed by atoms with Crippen molar-refractivity contribution in [1.82, 2.24) is 0 Å². The van der Waals surface area contributed by atoms with E-state index in [1.54, 1.807) is 0 Å². The van der Waals surface area contributed by atoms with Gasteiger partial charge >= 0.3 is 0 Å². The molecule has 11 heavy (non-hydrogen) atoms. The van der Waals surface area contributed by atoms with E-state index in [-0.39, 0.29) is 0 Å². The molecule has 1 nitrogen and oxygen atoms in total. The summed E-state index contributed by atoms with van der Waals surface area (Å²) in [5.74, 6) is 1.88. The molecule has 1 saturated carbocycles. The van der Waals surface area contributed by atoms with Crippen molar-refractivity contribution in [1.29, 1.82) is 0 Å². The van der Waals surface area contributed by atoms with E-state index in [0.717, 1.165) is 11.8 Å². The first-order valence-electron chi connectivity index (χ1n) is 4.95. The summed E-state index contributed by atoms with van der Waals surface area (Å²) in [6, 6.07) is 0. The van der Waals surface area contributed by atoms with Crippen LogP contribution in [0, 0.1) is 11.8 Å². The molecule has 2 aliphatic heterocycles. The Balaban J connectivity index is 1.96. The third kappa shape index (κ3) is 0.752. The highest BCUT2D eigenvalue weighted by Crippen LogP contribution is 2.54. The Morgan fingerprint density at radius 1 is 1.18 bits per heavy atom. The minimum atomic E-state index is 0.298. The van der Waals surface area contributed by atoms with Gasteiger partial charge in [0.05, 0.1) is 11.7 Å². The van der Waals surface area contributed by atoms with E-state index < -0.39 is 0 Å². The summed E-state index contributed by atoms with van der Waals surface area (Å²) in [5.41, 5.74) is 0.298. The topological polar surface area (TPSA) is 9.23 Å². The van der Waals surface area contributed by atoms with Crippen molar-refractivity contribution in [2.75, 3.05) is 0 Å². The van der Waals surface area contributed by atoms with Crippen molar-refractivity contribution >= 4 is 0 Å². The maximum Gasteiger partial charge on any atom is 0.0662 e. The molecule has 0 aromatic heterocycles. The molecule has 62 valence electrons. The van der Waals surface area contributed by atoms with E-state index in [9.17, 15) is 0 Å². The van der Waals surface area contributed by atoms with Crippen LogP contribution in [0.25, 0.3) is 0 Å². The molecule has 0 amide bonds. The van der Waals surface area contributed by atoms with Crippen LogP contribution < -0.4 is 0 Å². The molecule has 0 spiro atoms. The van der Waals surface area contributed by atoms with E-state index in [1.807, 2.05) is 0 Å². The molecule has 3 aliphatic rings. The zero-order valence-corrected chi connectivity index (χ0v) is 7.18. The highest BCUT2D eigenvalue weighted by Gasteiger charge is 2.52. The smallest absolute Gasteiger partial charge is 0.0662 e. The Labute approximate surface area is 68.1 Å². The van der Waals surface area contributed by atoms with E-state index in [4.69, 9.17) is 4.74 Å². The van der Waals surface area contributed by atoms with E-state index >= 15 is 0 Å². The average Bonchev–Trinajstić information content (AvgIpc) is 2.38. The monoisotopic (exact) mass is 152 g/mol.